The predicted molar refractivity (Wildman–Crippen MR) is 283 cm³/mol. The van der Waals surface area contributed by atoms with Crippen molar-refractivity contribution >= 4 is 5.91 Å². The number of ether oxygens (including phenoxy) is 1. The zero-order chi connectivity index (χ0) is 48.3. The fourth-order valence-electron chi connectivity index (χ4n) is 11.2. The van der Waals surface area contributed by atoms with Gasteiger partial charge in [-0.2, -0.15) is 0 Å². The number of hydrogen-bond donors (Lipinski definition) is 0. The maximum Gasteiger partial charge on any atom is 0.219 e. The first kappa shape index (κ1) is 55.6. The summed E-state index contributed by atoms with van der Waals surface area (Å²) in [4.78, 5) is 20.4. The van der Waals surface area contributed by atoms with E-state index in [1.807, 2.05) is 4.90 Å². The number of rotatable bonds is 7. The van der Waals surface area contributed by atoms with E-state index in [-0.39, 0.29) is 5.91 Å². The molecule has 0 spiro atoms. The minimum atomic E-state index is 0.234. The van der Waals surface area contributed by atoms with E-state index in [0.29, 0.717) is 22.8 Å². The minimum Gasteiger partial charge on any atom is -0.381 e. The number of nitrogens with zero attached hydrogens (tertiary/aromatic N) is 4. The lowest BCUT2D eigenvalue weighted by Gasteiger charge is -2.44. The van der Waals surface area contributed by atoms with Gasteiger partial charge in [0.2, 0.25) is 5.91 Å². The molecule has 5 aliphatic heterocycles. The Morgan fingerprint density at radius 3 is 1.36 bits per heavy atom. The number of likely N-dealkylation sites (tertiary alicyclic amines) is 3. The van der Waals surface area contributed by atoms with Crippen molar-refractivity contribution in [2.24, 2.45) is 35.5 Å². The van der Waals surface area contributed by atoms with Gasteiger partial charge in [0.25, 0.3) is 0 Å². The van der Waals surface area contributed by atoms with Gasteiger partial charge in [0.1, 0.15) is 0 Å². The molecule has 0 saturated carbocycles. The van der Waals surface area contributed by atoms with Crippen LogP contribution >= 0.6 is 0 Å². The van der Waals surface area contributed by atoms with Gasteiger partial charge < -0.3 is 19.4 Å². The average molecular weight is 907 g/mol. The predicted octanol–water partition coefficient (Wildman–Crippen LogP) is 13.0. The summed E-state index contributed by atoms with van der Waals surface area (Å²) in [6.07, 6.45) is 11.3. The maximum absolute atomic E-state index is 11.0. The Bertz CT molecular complexity index is 1740. The molecule has 66 heavy (non-hydrogen) atoms. The minimum absolute atomic E-state index is 0.234. The number of fused-ring (bicyclic) bond motifs is 1. The van der Waals surface area contributed by atoms with E-state index < -0.39 is 0 Å². The number of hydrogen-bond acceptors (Lipinski definition) is 5. The molecule has 5 heterocycles. The van der Waals surface area contributed by atoms with Gasteiger partial charge in [0.05, 0.1) is 0 Å². The van der Waals surface area contributed by atoms with Crippen molar-refractivity contribution < 1.29 is 9.53 Å². The van der Waals surface area contributed by atoms with Crippen LogP contribution in [0.15, 0.2) is 84.9 Å². The fraction of sp³-hybridized carbons (Fsp3) is 0.683. The summed E-state index contributed by atoms with van der Waals surface area (Å²) in [6, 6.07) is 31.5. The second kappa shape index (κ2) is 27.8. The van der Waals surface area contributed by atoms with Crippen LogP contribution in [-0.2, 0) is 33.3 Å². The van der Waals surface area contributed by atoms with Crippen LogP contribution in [0.2, 0.25) is 0 Å². The zero-order valence-electron chi connectivity index (χ0n) is 44.7. The van der Waals surface area contributed by atoms with Crippen LogP contribution in [0.5, 0.6) is 0 Å². The van der Waals surface area contributed by atoms with E-state index in [1.165, 1.54) is 94.4 Å². The van der Waals surface area contributed by atoms with Crippen molar-refractivity contribution in [3.05, 3.63) is 107 Å². The molecule has 5 aliphatic rings. The van der Waals surface area contributed by atoms with Gasteiger partial charge in [-0.15, -0.1) is 0 Å². The highest BCUT2D eigenvalue weighted by Crippen LogP contribution is 2.42. The maximum atomic E-state index is 11.0. The third kappa shape index (κ3) is 16.6. The largest absolute Gasteiger partial charge is 0.381 e. The average Bonchev–Trinajstić information content (AvgIpc) is 3.33. The Morgan fingerprint density at radius 1 is 0.530 bits per heavy atom. The summed E-state index contributed by atoms with van der Waals surface area (Å²) in [7, 11) is 4.45. The Labute approximate surface area is 406 Å². The summed E-state index contributed by atoms with van der Waals surface area (Å²) in [5.41, 5.74) is 6.84. The van der Waals surface area contributed by atoms with Crippen LogP contribution < -0.4 is 0 Å². The molecule has 6 nitrogen and oxygen atoms in total. The van der Waals surface area contributed by atoms with E-state index in [4.69, 9.17) is 4.74 Å². The molecule has 3 aromatic carbocycles. The van der Waals surface area contributed by atoms with Crippen molar-refractivity contribution in [2.75, 3.05) is 73.1 Å². The lowest BCUT2D eigenvalue weighted by atomic mass is 9.66. The van der Waals surface area contributed by atoms with E-state index >= 15 is 0 Å². The van der Waals surface area contributed by atoms with Gasteiger partial charge in [-0.3, -0.25) is 9.69 Å². The number of benzene rings is 3. The van der Waals surface area contributed by atoms with Gasteiger partial charge in [-0.25, -0.2) is 0 Å². The highest BCUT2D eigenvalue weighted by Gasteiger charge is 2.38. The van der Waals surface area contributed by atoms with E-state index in [9.17, 15) is 4.79 Å². The van der Waals surface area contributed by atoms with Gasteiger partial charge in [0.15, 0.2) is 0 Å². The van der Waals surface area contributed by atoms with Gasteiger partial charge in [-0.05, 0) is 170 Å². The quantitative estimate of drug-likeness (QED) is 0.236. The van der Waals surface area contributed by atoms with Crippen molar-refractivity contribution in [3.8, 4) is 0 Å². The first-order chi connectivity index (χ1) is 31.5. The molecule has 4 saturated heterocycles. The first-order valence-electron chi connectivity index (χ1n) is 26.6. The molecule has 8 rings (SSSR count). The van der Waals surface area contributed by atoms with E-state index in [0.717, 1.165) is 75.3 Å². The number of carbonyl (C=O) groups excluding carboxylic acids is 1. The summed E-state index contributed by atoms with van der Waals surface area (Å²) >= 11 is 0. The van der Waals surface area contributed by atoms with Crippen molar-refractivity contribution in [1.82, 2.24) is 19.6 Å². The highest BCUT2D eigenvalue weighted by molar-refractivity contribution is 5.73. The van der Waals surface area contributed by atoms with Gasteiger partial charge in [0, 0.05) is 63.2 Å². The molecule has 6 heteroatoms. The second-order valence-electron chi connectivity index (χ2n) is 22.3. The highest BCUT2D eigenvalue weighted by atomic mass is 16.5. The van der Waals surface area contributed by atoms with Crippen LogP contribution in [0.4, 0.5) is 0 Å². The number of piperidine rings is 3. The third-order valence-electron chi connectivity index (χ3n) is 16.7. The summed E-state index contributed by atoms with van der Waals surface area (Å²) in [6.45, 7) is 36.0. The SMILES string of the molecule is CC(=O)N1CCC(C(C)C)CC1.CC(C)C1(c2ccccc2)CCN(C)CC1.CC(C)C1(c2ccccc2)CCOCC1.CC(C)C1CCN(C)CC1.CC(C)N1CCc2ccccc2C1. The van der Waals surface area contributed by atoms with Crippen molar-refractivity contribution in [3.63, 3.8) is 0 Å². The Balaban J connectivity index is 0.000000182. The molecule has 1 amide bonds. The van der Waals surface area contributed by atoms with E-state index in [2.05, 4.69) is 183 Å². The molecule has 4 fully saturated rings. The van der Waals surface area contributed by atoms with Crippen LogP contribution in [0.25, 0.3) is 0 Å². The molecule has 0 atom stereocenters. The molecule has 370 valence electrons. The third-order valence-corrected chi connectivity index (χ3v) is 16.7. The molecule has 0 radical (unpaired) electrons. The standard InChI is InChI=1S/C15H23N.C14H20O.C12H17N.C10H19NO.C9H19N/c1-13(2)15(9-11-16(3)12-10-15)14-7-5-4-6-8-14;1-12(2)14(8-10-15-11-9-14)13-6-4-3-5-7-13;1-10(2)13-8-7-11-5-3-4-6-12(11)9-13;1-8(2)10-4-6-11(7-5-10)9(3)12;1-8(2)9-4-6-10(3)7-5-9/h4-8,13H,9-12H2,1-3H3;3-7,12H,8-11H2,1-2H3;3-6,10H,7-9H2,1-2H3;8,10H,4-7H2,1-3H3;8-9H,4-7H2,1-3H3. The van der Waals surface area contributed by atoms with E-state index in [1.54, 1.807) is 12.5 Å². The molecular formula is C60H98N4O2. The topological polar surface area (TPSA) is 39.3 Å². The summed E-state index contributed by atoms with van der Waals surface area (Å²) < 4.78 is 5.50. The van der Waals surface area contributed by atoms with Gasteiger partial charge >= 0.3 is 0 Å². The summed E-state index contributed by atoms with van der Waals surface area (Å²) in [5, 5.41) is 0. The Morgan fingerprint density at radius 2 is 0.939 bits per heavy atom. The molecule has 0 bridgehead atoms. The van der Waals surface area contributed by atoms with Crippen LogP contribution in [-0.4, -0.2) is 105 Å². The van der Waals surface area contributed by atoms with Crippen LogP contribution in [0.3, 0.4) is 0 Å². The zero-order valence-corrected chi connectivity index (χ0v) is 44.7. The molecule has 0 N–H and O–H groups in total. The molecule has 3 aromatic rings. The molecule has 0 aromatic heterocycles. The Hall–Kier alpha value is -3.03. The fourth-order valence-corrected chi connectivity index (χ4v) is 11.2. The number of carbonyl (C=O) groups is 1. The monoisotopic (exact) mass is 907 g/mol. The molecule has 0 unspecified atom stereocenters. The molecular weight excluding hydrogens is 809 g/mol. The van der Waals surface area contributed by atoms with Crippen LogP contribution in [0.1, 0.15) is 150 Å². The second-order valence-corrected chi connectivity index (χ2v) is 22.3. The number of amides is 1. The Kier molecular flexibility index (Phi) is 23.4. The lowest BCUT2D eigenvalue weighted by Crippen LogP contribution is -2.44. The smallest absolute Gasteiger partial charge is 0.219 e. The normalized spacial score (nSPS) is 20.5. The lowest BCUT2D eigenvalue weighted by molar-refractivity contribution is -0.130. The first-order valence-corrected chi connectivity index (χ1v) is 26.6. The van der Waals surface area contributed by atoms with Crippen LogP contribution in [0, 0.1) is 35.5 Å². The molecule has 0 aliphatic carbocycles. The van der Waals surface area contributed by atoms with Gasteiger partial charge in [-0.1, -0.05) is 140 Å². The van der Waals surface area contributed by atoms with Crippen molar-refractivity contribution in [1.29, 1.82) is 0 Å². The summed E-state index contributed by atoms with van der Waals surface area (Å²) in [5.74, 6) is 5.15. The van der Waals surface area contributed by atoms with Crippen molar-refractivity contribution in [2.45, 2.75) is 157 Å².